The molecule has 2 N–H and O–H groups in total. The molecular formula is C11H18N4O2S. The highest BCUT2D eigenvalue weighted by atomic mass is 32.2. The zero-order chi connectivity index (χ0) is 13.0. The highest BCUT2D eigenvalue weighted by molar-refractivity contribution is 7.89. The number of aryl methyl sites for hydroxylation is 1. The van der Waals surface area contributed by atoms with Gasteiger partial charge in [-0.15, -0.1) is 0 Å². The summed E-state index contributed by atoms with van der Waals surface area (Å²) in [7, 11) is -3.54. The minimum absolute atomic E-state index is 0.0220. The van der Waals surface area contributed by atoms with Crippen LogP contribution >= 0.6 is 0 Å². The lowest BCUT2D eigenvalue weighted by atomic mass is 10.0. The number of rotatable bonds is 4. The lowest BCUT2D eigenvalue weighted by Crippen LogP contribution is -2.38. The molecule has 1 saturated heterocycles. The van der Waals surface area contributed by atoms with Gasteiger partial charge in [0, 0.05) is 18.9 Å². The van der Waals surface area contributed by atoms with Gasteiger partial charge in [-0.1, -0.05) is 0 Å². The van der Waals surface area contributed by atoms with Crippen molar-refractivity contribution >= 4 is 10.0 Å². The smallest absolute Gasteiger partial charge is 0.259 e. The van der Waals surface area contributed by atoms with Gasteiger partial charge in [0.1, 0.15) is 0 Å². The molecule has 2 heterocycles. The Morgan fingerprint density at radius 1 is 1.44 bits per heavy atom. The van der Waals surface area contributed by atoms with Gasteiger partial charge in [0.25, 0.3) is 10.0 Å². The van der Waals surface area contributed by atoms with Gasteiger partial charge in [-0.3, -0.25) is 4.98 Å². The Labute approximate surface area is 107 Å². The number of nitrogens with one attached hydrogen (secondary N) is 2. The van der Waals surface area contributed by atoms with Gasteiger partial charge >= 0.3 is 0 Å². The summed E-state index contributed by atoms with van der Waals surface area (Å²) in [6, 6.07) is 0. The molecular weight excluding hydrogens is 252 g/mol. The maximum absolute atomic E-state index is 12.1. The summed E-state index contributed by atoms with van der Waals surface area (Å²) < 4.78 is 26.7. The third-order valence-corrected chi connectivity index (χ3v) is 4.51. The SMILES string of the molecule is Cc1nccnc1S(=O)(=O)NC[C@@H]1CCCNC1. The molecule has 0 spiro atoms. The number of piperidine rings is 1. The second kappa shape index (κ2) is 5.73. The first-order valence-electron chi connectivity index (χ1n) is 6.07. The van der Waals surface area contributed by atoms with Crippen LogP contribution in [-0.2, 0) is 10.0 Å². The Balaban J connectivity index is 2.01. The molecule has 1 fully saturated rings. The van der Waals surface area contributed by atoms with Gasteiger partial charge in [-0.2, -0.15) is 0 Å². The van der Waals surface area contributed by atoms with Crippen LogP contribution in [0.5, 0.6) is 0 Å². The van der Waals surface area contributed by atoms with E-state index in [1.807, 2.05) is 0 Å². The fourth-order valence-electron chi connectivity index (χ4n) is 2.05. The molecule has 1 aromatic heterocycles. The normalized spacial score (nSPS) is 20.8. The van der Waals surface area contributed by atoms with E-state index in [0.29, 0.717) is 18.2 Å². The molecule has 0 saturated carbocycles. The largest absolute Gasteiger partial charge is 0.316 e. The van der Waals surface area contributed by atoms with Gasteiger partial charge in [-0.25, -0.2) is 18.1 Å². The number of hydrogen-bond donors (Lipinski definition) is 2. The second-order valence-electron chi connectivity index (χ2n) is 4.51. The van der Waals surface area contributed by atoms with Crippen molar-refractivity contribution in [2.75, 3.05) is 19.6 Å². The molecule has 0 aromatic carbocycles. The van der Waals surface area contributed by atoms with Crippen LogP contribution in [0.3, 0.4) is 0 Å². The maximum atomic E-state index is 12.1. The summed E-state index contributed by atoms with van der Waals surface area (Å²) in [5.74, 6) is 0.352. The van der Waals surface area contributed by atoms with Crippen molar-refractivity contribution in [3.63, 3.8) is 0 Å². The number of nitrogens with zero attached hydrogens (tertiary/aromatic N) is 2. The topological polar surface area (TPSA) is 84.0 Å². The molecule has 1 aliphatic heterocycles. The van der Waals surface area contributed by atoms with Crippen molar-refractivity contribution < 1.29 is 8.42 Å². The van der Waals surface area contributed by atoms with Crippen LogP contribution < -0.4 is 10.0 Å². The van der Waals surface area contributed by atoms with E-state index in [0.717, 1.165) is 25.9 Å². The van der Waals surface area contributed by atoms with Crippen molar-refractivity contribution in [2.45, 2.75) is 24.8 Å². The summed E-state index contributed by atoms with van der Waals surface area (Å²) in [4.78, 5) is 7.83. The highest BCUT2D eigenvalue weighted by Crippen LogP contribution is 2.11. The van der Waals surface area contributed by atoms with E-state index in [4.69, 9.17) is 0 Å². The second-order valence-corrected chi connectivity index (χ2v) is 6.19. The molecule has 1 aliphatic rings. The Morgan fingerprint density at radius 2 is 2.22 bits per heavy atom. The number of aromatic nitrogens is 2. The molecule has 100 valence electrons. The third-order valence-electron chi connectivity index (χ3n) is 3.05. The van der Waals surface area contributed by atoms with Gasteiger partial charge < -0.3 is 5.32 Å². The van der Waals surface area contributed by atoms with E-state index >= 15 is 0 Å². The molecule has 0 amide bonds. The van der Waals surface area contributed by atoms with Gasteiger partial charge in [0.2, 0.25) is 0 Å². The van der Waals surface area contributed by atoms with E-state index in [2.05, 4.69) is 20.0 Å². The molecule has 1 aromatic rings. The van der Waals surface area contributed by atoms with Crippen molar-refractivity contribution in [2.24, 2.45) is 5.92 Å². The van der Waals surface area contributed by atoms with Crippen LogP contribution in [-0.4, -0.2) is 38.0 Å². The quantitative estimate of drug-likeness (QED) is 0.808. The summed E-state index contributed by atoms with van der Waals surface area (Å²) in [5.41, 5.74) is 0.423. The Morgan fingerprint density at radius 3 is 2.89 bits per heavy atom. The van der Waals surface area contributed by atoms with Crippen LogP contribution in [0.25, 0.3) is 0 Å². The molecule has 7 heteroatoms. The van der Waals surface area contributed by atoms with E-state index in [1.54, 1.807) is 6.92 Å². The van der Waals surface area contributed by atoms with Gasteiger partial charge in [-0.05, 0) is 38.8 Å². The van der Waals surface area contributed by atoms with Crippen molar-refractivity contribution in [3.05, 3.63) is 18.1 Å². The first-order chi connectivity index (χ1) is 8.59. The van der Waals surface area contributed by atoms with Crippen LogP contribution in [0.15, 0.2) is 17.4 Å². The fourth-order valence-corrected chi connectivity index (χ4v) is 3.29. The standard InChI is InChI=1S/C11H18N4O2S/c1-9-11(14-6-5-13-9)18(16,17)15-8-10-3-2-4-12-7-10/h5-6,10,12,15H,2-4,7-8H2,1H3/t10-/m1/s1. The molecule has 0 bridgehead atoms. The molecule has 6 nitrogen and oxygen atoms in total. The minimum atomic E-state index is -3.54. The Bertz CT molecular complexity index is 498. The third kappa shape index (κ3) is 3.24. The maximum Gasteiger partial charge on any atom is 0.259 e. The van der Waals surface area contributed by atoms with Gasteiger partial charge in [0.15, 0.2) is 5.03 Å². The zero-order valence-electron chi connectivity index (χ0n) is 10.4. The predicted molar refractivity (Wildman–Crippen MR) is 67.6 cm³/mol. The summed E-state index contributed by atoms with van der Waals surface area (Å²) in [5, 5.41) is 3.28. The van der Waals surface area contributed by atoms with E-state index in [9.17, 15) is 8.42 Å². The Kier molecular flexibility index (Phi) is 4.26. The number of hydrogen-bond acceptors (Lipinski definition) is 5. The highest BCUT2D eigenvalue weighted by Gasteiger charge is 2.21. The number of sulfonamides is 1. The lowest BCUT2D eigenvalue weighted by Gasteiger charge is -2.22. The van der Waals surface area contributed by atoms with Crippen molar-refractivity contribution in [3.8, 4) is 0 Å². The van der Waals surface area contributed by atoms with E-state index < -0.39 is 10.0 Å². The van der Waals surface area contributed by atoms with E-state index in [-0.39, 0.29) is 5.03 Å². The minimum Gasteiger partial charge on any atom is -0.316 e. The molecule has 0 aliphatic carbocycles. The van der Waals surface area contributed by atoms with Crippen LogP contribution in [0.1, 0.15) is 18.5 Å². The predicted octanol–water partition coefficient (Wildman–Crippen LogP) is 0.0629. The lowest BCUT2D eigenvalue weighted by molar-refractivity contribution is 0.375. The van der Waals surface area contributed by atoms with Gasteiger partial charge in [0.05, 0.1) is 5.69 Å². The summed E-state index contributed by atoms with van der Waals surface area (Å²) in [6.07, 6.45) is 5.02. The first kappa shape index (κ1) is 13.4. The molecule has 0 radical (unpaired) electrons. The molecule has 18 heavy (non-hydrogen) atoms. The average molecular weight is 270 g/mol. The van der Waals surface area contributed by atoms with E-state index in [1.165, 1.54) is 12.4 Å². The molecule has 1 atom stereocenters. The Hall–Kier alpha value is -1.05. The van der Waals surface area contributed by atoms with Crippen molar-refractivity contribution in [1.82, 2.24) is 20.0 Å². The average Bonchev–Trinajstić information content (AvgIpc) is 2.38. The summed E-state index contributed by atoms with van der Waals surface area (Å²) >= 11 is 0. The van der Waals surface area contributed by atoms with Crippen LogP contribution in [0, 0.1) is 12.8 Å². The van der Waals surface area contributed by atoms with Crippen LogP contribution in [0.2, 0.25) is 0 Å². The monoisotopic (exact) mass is 270 g/mol. The zero-order valence-corrected chi connectivity index (χ0v) is 11.2. The fraction of sp³-hybridized carbons (Fsp3) is 0.636. The van der Waals surface area contributed by atoms with Crippen molar-refractivity contribution in [1.29, 1.82) is 0 Å². The molecule has 0 unspecified atom stereocenters. The molecule has 2 rings (SSSR count). The van der Waals surface area contributed by atoms with Crippen LogP contribution in [0.4, 0.5) is 0 Å². The first-order valence-corrected chi connectivity index (χ1v) is 7.56. The summed E-state index contributed by atoms with van der Waals surface area (Å²) in [6.45, 7) is 3.98.